The molecule has 1 aliphatic rings. The molecule has 1 fully saturated rings. The number of halogens is 2. The molecule has 6 nitrogen and oxygen atoms in total. The largest absolute Gasteiger partial charge is 1.00 e. The fourth-order valence-corrected chi connectivity index (χ4v) is 2.04. The van der Waals surface area contributed by atoms with E-state index in [1.807, 2.05) is 4.90 Å². The Morgan fingerprint density at radius 3 is 2.23 bits per heavy atom. The summed E-state index contributed by atoms with van der Waals surface area (Å²) in [6.07, 6.45) is -2.86. The van der Waals surface area contributed by atoms with Crippen molar-refractivity contribution in [3.05, 3.63) is 29.9 Å². The summed E-state index contributed by atoms with van der Waals surface area (Å²) in [6.45, 7) is 1.13. The average Bonchev–Trinajstić information content (AvgIpc) is 2.39. The predicted molar refractivity (Wildman–Crippen MR) is 73.1 cm³/mol. The summed E-state index contributed by atoms with van der Waals surface area (Å²) >= 11 is 0. The second-order valence-electron chi connectivity index (χ2n) is 4.45. The van der Waals surface area contributed by atoms with Gasteiger partial charge in [-0.05, 0) is 31.3 Å². The van der Waals surface area contributed by atoms with Gasteiger partial charge < -0.3 is 26.0 Å². The van der Waals surface area contributed by atoms with Crippen molar-refractivity contribution in [1.82, 2.24) is 0 Å². The van der Waals surface area contributed by atoms with Crippen molar-refractivity contribution in [2.45, 2.75) is 19.3 Å². The molecule has 9 heteroatoms. The molecule has 22 heavy (non-hydrogen) atoms. The van der Waals surface area contributed by atoms with Crippen LogP contribution in [0.25, 0.3) is 0 Å². The van der Waals surface area contributed by atoms with Crippen molar-refractivity contribution in [3.63, 3.8) is 0 Å². The second kappa shape index (κ2) is 9.83. The van der Waals surface area contributed by atoms with Crippen LogP contribution in [0.15, 0.2) is 18.2 Å². The Balaban J connectivity index is 0.000000791. The minimum atomic E-state index is -2.53. The smallest absolute Gasteiger partial charge is 0.563 e. The first-order valence-corrected chi connectivity index (χ1v) is 6.19. The molecule has 0 bridgehead atoms. The zero-order valence-electron chi connectivity index (χ0n) is 12.2. The third kappa shape index (κ3) is 6.78. The molecule has 118 valence electrons. The van der Waals surface area contributed by atoms with Crippen molar-refractivity contribution < 1.29 is 58.5 Å². The van der Waals surface area contributed by atoms with Gasteiger partial charge in [-0.1, -0.05) is 0 Å². The van der Waals surface area contributed by atoms with Crippen molar-refractivity contribution in [2.24, 2.45) is 0 Å². The number of anilines is 2. The Morgan fingerprint density at radius 1 is 1.27 bits per heavy atom. The summed E-state index contributed by atoms with van der Waals surface area (Å²) in [7, 11) is 0. The zero-order chi connectivity index (χ0) is 16.0. The van der Waals surface area contributed by atoms with Crippen molar-refractivity contribution in [2.75, 3.05) is 23.7 Å². The molecule has 1 aromatic rings. The first-order valence-electron chi connectivity index (χ1n) is 6.19. The van der Waals surface area contributed by atoms with Crippen LogP contribution in [0.3, 0.4) is 0 Å². The molecule has 5 N–H and O–H groups in total. The van der Waals surface area contributed by atoms with Crippen LogP contribution in [0.2, 0.25) is 0 Å². The van der Waals surface area contributed by atoms with Crippen molar-refractivity contribution in [3.8, 4) is 0 Å². The van der Waals surface area contributed by atoms with E-state index in [0.29, 0.717) is 43.4 Å². The molecule has 2 rings (SSSR count). The maximum Gasteiger partial charge on any atom is 1.00 e. The average molecular weight is 326 g/mol. The number of alkyl halides is 2. The van der Waals surface area contributed by atoms with Crippen LogP contribution in [0.5, 0.6) is 0 Å². The number of piperidine rings is 1. The van der Waals surface area contributed by atoms with E-state index >= 15 is 0 Å². The molecule has 1 aliphatic heterocycles. The van der Waals surface area contributed by atoms with Crippen molar-refractivity contribution in [1.29, 1.82) is 0 Å². The van der Waals surface area contributed by atoms with E-state index in [1.165, 1.54) is 6.07 Å². The fraction of sp³-hybridized carbons (Fsp3) is 0.385. The molecule has 1 heterocycles. The summed E-state index contributed by atoms with van der Waals surface area (Å²) in [6, 6.07) is 4.57. The van der Waals surface area contributed by atoms with Crippen LogP contribution in [0.1, 0.15) is 24.8 Å². The Morgan fingerprint density at radius 2 is 1.77 bits per heavy atom. The number of carbonyl (C=O) groups is 1. The number of rotatable bonds is 2. The van der Waals surface area contributed by atoms with E-state index in [4.69, 9.17) is 20.7 Å². The van der Waals surface area contributed by atoms with Crippen LogP contribution < -0.4 is 40.2 Å². The molecule has 0 aliphatic carbocycles. The van der Waals surface area contributed by atoms with Gasteiger partial charge in [0.25, 0.3) is 6.43 Å². The van der Waals surface area contributed by atoms with E-state index < -0.39 is 12.6 Å². The maximum atomic E-state index is 12.9. The Bertz CT molecular complexity index is 479. The maximum absolute atomic E-state index is 12.9. The fourth-order valence-electron chi connectivity index (χ4n) is 2.04. The first-order chi connectivity index (χ1) is 9.81. The second-order valence-corrected chi connectivity index (χ2v) is 4.45. The van der Waals surface area contributed by atoms with E-state index in [9.17, 15) is 13.9 Å². The van der Waals surface area contributed by atoms with E-state index in [1.54, 1.807) is 12.1 Å². The number of nitrogen functional groups attached to an aromatic ring is 1. The van der Waals surface area contributed by atoms with Gasteiger partial charge in [-0.25, -0.2) is 13.6 Å². The number of aliphatic hydroxyl groups excluding tert-OH is 1. The third-order valence-corrected chi connectivity index (χ3v) is 2.97. The number of carboxylic acid groups (broad SMARTS) is 2. The molecule has 0 atom stereocenters. The normalized spacial score (nSPS) is 14.8. The molecule has 1 aromatic carbocycles. The molecule has 1 saturated heterocycles. The van der Waals surface area contributed by atoms with Crippen molar-refractivity contribution >= 4 is 17.5 Å². The topological polar surface area (TPSA) is 107 Å². The Kier molecular flexibility index (Phi) is 9.34. The number of aliphatic hydroxyl groups is 1. The van der Waals surface area contributed by atoms with Crippen LogP contribution in [0, 0.1) is 6.10 Å². The van der Waals surface area contributed by atoms with Gasteiger partial charge in [-0.3, -0.25) is 0 Å². The molecule has 0 saturated carbocycles. The minimum Gasteiger partial charge on any atom is -0.563 e. The van der Waals surface area contributed by atoms with Crippen LogP contribution in [-0.4, -0.2) is 34.6 Å². The van der Waals surface area contributed by atoms with Crippen LogP contribution in [0.4, 0.5) is 25.0 Å². The molecule has 0 spiro atoms. The summed E-state index contributed by atoms with van der Waals surface area (Å²) in [5, 5.41) is 23.3. The monoisotopic (exact) mass is 326 g/mol. The number of benzene rings is 1. The van der Waals surface area contributed by atoms with Gasteiger partial charge >= 0.3 is 35.7 Å². The number of nitrogens with two attached hydrogens (primary N) is 1. The number of hydrogen-bond acceptors (Lipinski definition) is 4. The minimum absolute atomic E-state index is 0. The SMILES string of the molecule is Nc1ccc(N2CC[C-](O)CC2)c(C(F)F)c1.O=C(O)O.[Na+]. The Labute approximate surface area is 148 Å². The zero-order valence-corrected chi connectivity index (χ0v) is 14.2. The molecule has 0 amide bonds. The van der Waals surface area contributed by atoms with Gasteiger partial charge in [-0.2, -0.15) is 6.10 Å². The van der Waals surface area contributed by atoms with Gasteiger partial charge in [0.1, 0.15) is 0 Å². The summed E-state index contributed by atoms with van der Waals surface area (Å²) in [4.78, 5) is 10.4. The molecule has 0 aromatic heterocycles. The number of hydrogen-bond donors (Lipinski definition) is 4. The van der Waals surface area contributed by atoms with Crippen LogP contribution >= 0.6 is 0 Å². The predicted octanol–water partition coefficient (Wildman–Crippen LogP) is -0.0625. The summed E-state index contributed by atoms with van der Waals surface area (Å²) in [5.41, 5.74) is 6.34. The summed E-state index contributed by atoms with van der Waals surface area (Å²) in [5.74, 6) is 0. The van der Waals surface area contributed by atoms with E-state index in [-0.39, 0.29) is 35.1 Å². The van der Waals surface area contributed by atoms with Crippen LogP contribution in [-0.2, 0) is 0 Å². The molecular formula is C13H17F2N2NaO4. The van der Waals surface area contributed by atoms with Gasteiger partial charge in [0.2, 0.25) is 0 Å². The quantitative estimate of drug-likeness (QED) is 0.345. The van der Waals surface area contributed by atoms with E-state index in [2.05, 4.69) is 0 Å². The van der Waals surface area contributed by atoms with Gasteiger partial charge in [-0.15, -0.1) is 12.8 Å². The summed E-state index contributed by atoms with van der Waals surface area (Å²) < 4.78 is 25.8. The van der Waals surface area contributed by atoms with E-state index in [0.717, 1.165) is 0 Å². The standard InChI is InChI=1S/C12H15F2N2O.CH2O3.Na/c13-12(14)10-7-8(15)1-2-11(10)16-5-3-9(17)4-6-16;2-1(3)4;/h1-2,7,12,17H,3-6,15H2;(H2,2,3,4);/q-1;;+1. The molecular weight excluding hydrogens is 309 g/mol. The van der Waals surface area contributed by atoms with Gasteiger partial charge in [0.05, 0.1) is 0 Å². The molecule has 0 radical (unpaired) electrons. The van der Waals surface area contributed by atoms with Gasteiger partial charge in [0.15, 0.2) is 0 Å². The third-order valence-electron chi connectivity index (χ3n) is 2.97. The van der Waals surface area contributed by atoms with Gasteiger partial charge in [0, 0.05) is 16.9 Å². The first kappa shape index (κ1) is 20.9. The number of nitrogens with zero attached hydrogens (tertiary/aromatic N) is 1. The molecule has 0 unspecified atom stereocenters. The Hall–Kier alpha value is -1.09.